The van der Waals surface area contributed by atoms with Crippen LogP contribution in [0.5, 0.6) is 11.5 Å². The molecule has 1 unspecified atom stereocenters. The van der Waals surface area contributed by atoms with Gasteiger partial charge in [0.25, 0.3) is 0 Å². The van der Waals surface area contributed by atoms with E-state index in [1.807, 2.05) is 12.1 Å². The van der Waals surface area contributed by atoms with E-state index in [0.717, 1.165) is 11.3 Å². The Morgan fingerprint density at radius 1 is 1.04 bits per heavy atom. The molecule has 2 aromatic rings. The minimum Gasteiger partial charge on any atom is -0.497 e. The van der Waals surface area contributed by atoms with E-state index in [1.54, 1.807) is 32.2 Å². The number of hydrogen-bond acceptors (Lipinski definition) is 4. The van der Waals surface area contributed by atoms with Crippen molar-refractivity contribution < 1.29 is 17.9 Å². The van der Waals surface area contributed by atoms with Crippen molar-refractivity contribution >= 4 is 26.0 Å². The number of methoxy groups -OCH3 is 2. The molecule has 0 spiro atoms. The fraction of sp³-hybridized carbons (Fsp3) is 0.250. The monoisotopic (exact) mass is 399 g/mol. The molecule has 7 heteroatoms. The first-order valence-corrected chi connectivity index (χ1v) is 9.15. The smallest absolute Gasteiger partial charge is 0.241 e. The lowest BCUT2D eigenvalue weighted by Gasteiger charge is -2.15. The standard InChI is InChI=1S/C16H18BrNO4S/c1-11(12-4-6-13(21-2)7-5-12)18-23(19,20)14-8-9-16(22-3)15(17)10-14/h4-11,18H,1-3H3. The van der Waals surface area contributed by atoms with Crippen LogP contribution in [0.4, 0.5) is 0 Å². The van der Waals surface area contributed by atoms with Crippen molar-refractivity contribution in [1.29, 1.82) is 0 Å². The summed E-state index contributed by atoms with van der Waals surface area (Å²) >= 11 is 3.30. The number of benzene rings is 2. The molecule has 0 heterocycles. The molecule has 23 heavy (non-hydrogen) atoms. The van der Waals surface area contributed by atoms with Gasteiger partial charge in [-0.25, -0.2) is 13.1 Å². The van der Waals surface area contributed by atoms with Gasteiger partial charge in [0.2, 0.25) is 10.0 Å². The zero-order valence-electron chi connectivity index (χ0n) is 13.0. The minimum absolute atomic E-state index is 0.172. The topological polar surface area (TPSA) is 64.6 Å². The second-order valence-electron chi connectivity index (χ2n) is 4.91. The van der Waals surface area contributed by atoms with Gasteiger partial charge in [-0.15, -0.1) is 0 Å². The van der Waals surface area contributed by atoms with Crippen molar-refractivity contribution in [2.24, 2.45) is 0 Å². The number of halogens is 1. The van der Waals surface area contributed by atoms with E-state index in [-0.39, 0.29) is 10.9 Å². The quantitative estimate of drug-likeness (QED) is 0.806. The van der Waals surface area contributed by atoms with Crippen LogP contribution in [0.3, 0.4) is 0 Å². The summed E-state index contributed by atoms with van der Waals surface area (Å²) in [5, 5.41) is 0. The fourth-order valence-corrected chi connectivity index (χ4v) is 4.03. The Bertz CT molecular complexity index is 775. The van der Waals surface area contributed by atoms with Gasteiger partial charge < -0.3 is 9.47 Å². The normalized spacial score (nSPS) is 12.7. The Kier molecular flexibility index (Phi) is 5.67. The zero-order chi connectivity index (χ0) is 17.0. The van der Waals surface area contributed by atoms with Gasteiger partial charge in [0.05, 0.1) is 23.6 Å². The Labute approximate surface area is 144 Å². The van der Waals surface area contributed by atoms with E-state index in [4.69, 9.17) is 9.47 Å². The first-order valence-electron chi connectivity index (χ1n) is 6.87. The Hall–Kier alpha value is -1.57. The van der Waals surface area contributed by atoms with E-state index in [1.165, 1.54) is 19.2 Å². The Morgan fingerprint density at radius 3 is 2.22 bits per heavy atom. The molecule has 0 aromatic heterocycles. The fourth-order valence-electron chi connectivity index (χ4n) is 2.08. The third-order valence-corrected chi connectivity index (χ3v) is 5.54. The molecular weight excluding hydrogens is 382 g/mol. The zero-order valence-corrected chi connectivity index (χ0v) is 15.4. The second kappa shape index (κ2) is 7.33. The highest BCUT2D eigenvalue weighted by molar-refractivity contribution is 9.10. The Balaban J connectivity index is 2.21. The van der Waals surface area contributed by atoms with Gasteiger partial charge in [-0.05, 0) is 58.7 Å². The first-order chi connectivity index (χ1) is 10.9. The first kappa shape index (κ1) is 17.8. The van der Waals surface area contributed by atoms with E-state index >= 15 is 0 Å². The van der Waals surface area contributed by atoms with Crippen LogP contribution in [0.15, 0.2) is 51.8 Å². The third-order valence-electron chi connectivity index (χ3n) is 3.38. The molecule has 2 rings (SSSR count). The number of rotatable bonds is 6. The number of sulfonamides is 1. The summed E-state index contributed by atoms with van der Waals surface area (Å²) in [6.07, 6.45) is 0. The van der Waals surface area contributed by atoms with E-state index < -0.39 is 10.0 Å². The summed E-state index contributed by atoms with van der Waals surface area (Å²) in [5.41, 5.74) is 0.849. The van der Waals surface area contributed by atoms with Gasteiger partial charge in [0.1, 0.15) is 11.5 Å². The molecule has 124 valence electrons. The maximum atomic E-state index is 12.5. The lowest BCUT2D eigenvalue weighted by molar-refractivity contribution is 0.411. The number of ether oxygens (including phenoxy) is 2. The van der Waals surface area contributed by atoms with Crippen molar-refractivity contribution in [2.45, 2.75) is 17.9 Å². The van der Waals surface area contributed by atoms with Crippen molar-refractivity contribution in [2.75, 3.05) is 14.2 Å². The molecule has 0 radical (unpaired) electrons. The minimum atomic E-state index is -3.64. The van der Waals surface area contributed by atoms with Crippen molar-refractivity contribution in [3.05, 3.63) is 52.5 Å². The largest absolute Gasteiger partial charge is 0.497 e. The molecule has 0 amide bonds. The van der Waals surface area contributed by atoms with Gasteiger partial charge in [-0.3, -0.25) is 0 Å². The van der Waals surface area contributed by atoms with Crippen molar-refractivity contribution in [3.63, 3.8) is 0 Å². The highest BCUT2D eigenvalue weighted by Gasteiger charge is 2.19. The van der Waals surface area contributed by atoms with Crippen LogP contribution in [-0.4, -0.2) is 22.6 Å². The van der Waals surface area contributed by atoms with Crippen LogP contribution in [0, 0.1) is 0 Å². The van der Waals surface area contributed by atoms with Crippen LogP contribution >= 0.6 is 15.9 Å². The summed E-state index contributed by atoms with van der Waals surface area (Å²) in [4.78, 5) is 0.172. The summed E-state index contributed by atoms with van der Waals surface area (Å²) in [5.74, 6) is 1.30. The molecule has 0 saturated carbocycles. The molecule has 0 bridgehead atoms. The predicted molar refractivity (Wildman–Crippen MR) is 92.4 cm³/mol. The van der Waals surface area contributed by atoms with Gasteiger partial charge >= 0.3 is 0 Å². The molecule has 1 N–H and O–H groups in total. The predicted octanol–water partition coefficient (Wildman–Crippen LogP) is 3.51. The second-order valence-corrected chi connectivity index (χ2v) is 7.48. The SMILES string of the molecule is COc1ccc(C(C)NS(=O)(=O)c2ccc(OC)c(Br)c2)cc1. The number of hydrogen-bond donors (Lipinski definition) is 1. The van der Waals surface area contributed by atoms with Crippen LogP contribution in [-0.2, 0) is 10.0 Å². The van der Waals surface area contributed by atoms with Gasteiger partial charge in [-0.1, -0.05) is 12.1 Å². The van der Waals surface area contributed by atoms with E-state index in [2.05, 4.69) is 20.7 Å². The lowest BCUT2D eigenvalue weighted by atomic mass is 10.1. The Morgan fingerprint density at radius 2 is 1.70 bits per heavy atom. The molecule has 0 aliphatic heterocycles. The third kappa shape index (κ3) is 4.25. The van der Waals surface area contributed by atoms with Crippen molar-refractivity contribution in [3.8, 4) is 11.5 Å². The number of nitrogens with one attached hydrogen (secondary N) is 1. The molecule has 0 saturated heterocycles. The van der Waals surface area contributed by atoms with Crippen LogP contribution < -0.4 is 14.2 Å². The maximum absolute atomic E-state index is 12.5. The van der Waals surface area contributed by atoms with Gasteiger partial charge in [0, 0.05) is 6.04 Å². The molecule has 2 aromatic carbocycles. The van der Waals surface area contributed by atoms with Gasteiger partial charge in [-0.2, -0.15) is 0 Å². The van der Waals surface area contributed by atoms with Crippen molar-refractivity contribution in [1.82, 2.24) is 4.72 Å². The molecular formula is C16H18BrNO4S. The molecule has 0 aliphatic rings. The van der Waals surface area contributed by atoms with E-state index in [9.17, 15) is 8.42 Å². The summed E-state index contributed by atoms with van der Waals surface area (Å²) in [6, 6.07) is 11.5. The molecule has 1 atom stereocenters. The van der Waals surface area contributed by atoms with E-state index in [0.29, 0.717) is 10.2 Å². The highest BCUT2D eigenvalue weighted by Crippen LogP contribution is 2.28. The molecule has 0 aliphatic carbocycles. The highest BCUT2D eigenvalue weighted by atomic mass is 79.9. The van der Waals surface area contributed by atoms with Crippen LogP contribution in [0.1, 0.15) is 18.5 Å². The van der Waals surface area contributed by atoms with Crippen LogP contribution in [0.2, 0.25) is 0 Å². The molecule has 5 nitrogen and oxygen atoms in total. The van der Waals surface area contributed by atoms with Crippen LogP contribution in [0.25, 0.3) is 0 Å². The molecule has 0 fully saturated rings. The lowest BCUT2D eigenvalue weighted by Crippen LogP contribution is -2.26. The summed E-state index contributed by atoms with van der Waals surface area (Å²) in [6.45, 7) is 1.79. The summed E-state index contributed by atoms with van der Waals surface area (Å²) in [7, 11) is -0.526. The average Bonchev–Trinajstić information content (AvgIpc) is 2.54. The summed E-state index contributed by atoms with van der Waals surface area (Å²) < 4.78 is 38.4. The average molecular weight is 400 g/mol. The maximum Gasteiger partial charge on any atom is 0.241 e. The van der Waals surface area contributed by atoms with Gasteiger partial charge in [0.15, 0.2) is 0 Å².